The van der Waals surface area contributed by atoms with Crippen LogP contribution >= 0.6 is 0 Å². The molecule has 0 aliphatic rings. The first-order valence-electron chi connectivity index (χ1n) is 4.62. The van der Waals surface area contributed by atoms with Gasteiger partial charge in [-0.25, -0.2) is 4.79 Å². The molecule has 0 fully saturated rings. The number of carboxylic acids is 1. The maximum atomic E-state index is 10.9. The average molecular weight is 217 g/mol. The van der Waals surface area contributed by atoms with E-state index >= 15 is 0 Å². The van der Waals surface area contributed by atoms with Gasteiger partial charge in [-0.2, -0.15) is 0 Å². The van der Waals surface area contributed by atoms with Crippen LogP contribution in [0.4, 0.5) is 5.69 Å². The number of aryl methyl sites for hydroxylation is 1. The minimum absolute atomic E-state index is 0.0374. The zero-order valence-electron chi connectivity index (χ0n) is 8.78. The molecule has 0 unspecified atom stereocenters. The van der Waals surface area contributed by atoms with E-state index in [0.717, 1.165) is 5.56 Å². The number of carbonyl (C=O) groups is 2. The van der Waals surface area contributed by atoms with Gasteiger partial charge in [0, 0.05) is 5.56 Å². The Morgan fingerprint density at radius 3 is 2.81 bits per heavy atom. The van der Waals surface area contributed by atoms with Gasteiger partial charge in [-0.15, -0.1) is 0 Å². The number of hydrogen-bond donors (Lipinski definition) is 2. The maximum absolute atomic E-state index is 10.9. The Morgan fingerprint density at radius 2 is 2.25 bits per heavy atom. The highest BCUT2D eigenvalue weighted by Gasteiger charge is 2.11. The summed E-state index contributed by atoms with van der Waals surface area (Å²) in [6, 6.07) is 3.18. The number of carbonyl (C=O) groups excluding carboxylic acids is 1. The van der Waals surface area contributed by atoms with Crippen LogP contribution in [0.2, 0.25) is 0 Å². The molecule has 4 heteroatoms. The van der Waals surface area contributed by atoms with Crippen LogP contribution in [0.1, 0.15) is 27.9 Å². The molecular formula is C12H11NO3. The maximum Gasteiger partial charge on any atom is 0.337 e. The Morgan fingerprint density at radius 1 is 1.56 bits per heavy atom. The zero-order chi connectivity index (χ0) is 12.1. The summed E-state index contributed by atoms with van der Waals surface area (Å²) in [5.74, 6) is 4.19. The van der Waals surface area contributed by atoms with Gasteiger partial charge in [-0.3, -0.25) is 0 Å². The largest absolute Gasteiger partial charge is 0.478 e. The van der Waals surface area contributed by atoms with Crippen molar-refractivity contribution in [2.45, 2.75) is 13.3 Å². The summed E-state index contributed by atoms with van der Waals surface area (Å²) in [5, 5.41) is 8.90. The van der Waals surface area contributed by atoms with E-state index in [4.69, 9.17) is 10.8 Å². The van der Waals surface area contributed by atoms with Crippen LogP contribution in [-0.4, -0.2) is 17.4 Å². The third kappa shape index (κ3) is 2.61. The van der Waals surface area contributed by atoms with Crippen LogP contribution in [0.15, 0.2) is 12.1 Å². The number of carboxylic acid groups (broad SMARTS) is 1. The summed E-state index contributed by atoms with van der Waals surface area (Å²) in [7, 11) is 0. The van der Waals surface area contributed by atoms with Crippen molar-refractivity contribution >= 4 is 17.9 Å². The fourth-order valence-electron chi connectivity index (χ4n) is 1.27. The van der Waals surface area contributed by atoms with Crippen molar-refractivity contribution in [1.29, 1.82) is 0 Å². The molecule has 0 heterocycles. The van der Waals surface area contributed by atoms with Crippen LogP contribution in [0.5, 0.6) is 0 Å². The lowest BCUT2D eigenvalue weighted by molar-refractivity contribution is -0.107. The van der Waals surface area contributed by atoms with E-state index in [1.807, 2.05) is 0 Å². The molecule has 0 saturated carbocycles. The van der Waals surface area contributed by atoms with Gasteiger partial charge in [-0.1, -0.05) is 11.8 Å². The summed E-state index contributed by atoms with van der Waals surface area (Å²) < 4.78 is 0. The predicted molar refractivity (Wildman–Crippen MR) is 60.1 cm³/mol. The quantitative estimate of drug-likeness (QED) is 0.443. The average Bonchev–Trinajstić information content (AvgIpc) is 2.22. The van der Waals surface area contributed by atoms with E-state index in [2.05, 4.69) is 11.8 Å². The summed E-state index contributed by atoms with van der Waals surface area (Å²) in [4.78, 5) is 21.0. The molecule has 3 N–H and O–H groups in total. The molecule has 0 bridgehead atoms. The lowest BCUT2D eigenvalue weighted by atomic mass is 10.0. The van der Waals surface area contributed by atoms with Crippen LogP contribution in [0, 0.1) is 18.8 Å². The molecule has 0 spiro atoms. The summed E-state index contributed by atoms with van der Waals surface area (Å²) in [6.45, 7) is 1.76. The fourth-order valence-corrected chi connectivity index (χ4v) is 1.27. The number of aromatic carboxylic acids is 1. The third-order valence-electron chi connectivity index (χ3n) is 1.96. The monoisotopic (exact) mass is 217 g/mol. The number of hydrogen-bond acceptors (Lipinski definition) is 3. The Balaban J connectivity index is 3.25. The second kappa shape index (κ2) is 4.99. The minimum Gasteiger partial charge on any atom is -0.478 e. The number of rotatable bonds is 2. The van der Waals surface area contributed by atoms with Gasteiger partial charge in [0.05, 0.1) is 17.7 Å². The first kappa shape index (κ1) is 11.8. The fraction of sp³-hybridized carbons (Fsp3) is 0.167. The van der Waals surface area contributed by atoms with Crippen molar-refractivity contribution in [3.05, 3.63) is 28.8 Å². The van der Waals surface area contributed by atoms with E-state index in [1.54, 1.807) is 13.0 Å². The summed E-state index contributed by atoms with van der Waals surface area (Å²) in [6.07, 6.45) is 0.785. The highest BCUT2D eigenvalue weighted by molar-refractivity contribution is 5.95. The van der Waals surface area contributed by atoms with Crippen molar-refractivity contribution < 1.29 is 14.7 Å². The van der Waals surface area contributed by atoms with Crippen molar-refractivity contribution in [3.63, 3.8) is 0 Å². The second-order valence-corrected chi connectivity index (χ2v) is 3.25. The predicted octanol–water partition coefficient (Wildman–Crippen LogP) is 1.22. The lowest BCUT2D eigenvalue weighted by Crippen LogP contribution is -2.05. The molecule has 0 amide bonds. The number of nitrogens with two attached hydrogens (primary N) is 1. The van der Waals surface area contributed by atoms with Gasteiger partial charge < -0.3 is 15.6 Å². The molecular weight excluding hydrogens is 206 g/mol. The SMILES string of the molecule is Cc1cc(C#CCC=O)c(N)c(C(=O)O)c1. The van der Waals surface area contributed by atoms with Gasteiger partial charge >= 0.3 is 5.97 Å². The standard InChI is InChI=1S/C12H11NO3/c1-8-6-9(4-2-3-5-14)11(13)10(7-8)12(15)16/h5-7H,3,13H2,1H3,(H,15,16). The Bertz CT molecular complexity index is 495. The first-order valence-corrected chi connectivity index (χ1v) is 4.62. The topological polar surface area (TPSA) is 80.4 Å². The molecule has 0 atom stereocenters. The van der Waals surface area contributed by atoms with E-state index in [-0.39, 0.29) is 17.7 Å². The highest BCUT2D eigenvalue weighted by atomic mass is 16.4. The molecule has 0 aliphatic carbocycles. The van der Waals surface area contributed by atoms with Gasteiger partial charge in [0.2, 0.25) is 0 Å². The Hall–Kier alpha value is -2.28. The van der Waals surface area contributed by atoms with Crippen molar-refractivity contribution in [1.82, 2.24) is 0 Å². The van der Waals surface area contributed by atoms with Crippen LogP contribution in [0.25, 0.3) is 0 Å². The Labute approximate surface area is 93.1 Å². The normalized spacial score (nSPS) is 9.06. The summed E-state index contributed by atoms with van der Waals surface area (Å²) >= 11 is 0. The molecule has 0 saturated heterocycles. The lowest BCUT2D eigenvalue weighted by Gasteiger charge is -2.05. The van der Waals surface area contributed by atoms with E-state index < -0.39 is 5.97 Å². The van der Waals surface area contributed by atoms with Gasteiger partial charge in [0.15, 0.2) is 0 Å². The number of anilines is 1. The number of benzene rings is 1. The molecule has 0 radical (unpaired) electrons. The molecule has 1 aromatic rings. The van der Waals surface area contributed by atoms with Gasteiger partial charge in [0.1, 0.15) is 6.29 Å². The van der Waals surface area contributed by atoms with Crippen molar-refractivity contribution in [2.24, 2.45) is 0 Å². The third-order valence-corrected chi connectivity index (χ3v) is 1.96. The second-order valence-electron chi connectivity index (χ2n) is 3.25. The summed E-state index contributed by atoms with van der Waals surface area (Å²) in [5.41, 5.74) is 7.05. The van der Waals surface area contributed by atoms with E-state index in [0.29, 0.717) is 11.8 Å². The minimum atomic E-state index is -1.08. The van der Waals surface area contributed by atoms with Crippen molar-refractivity contribution in [3.8, 4) is 11.8 Å². The van der Waals surface area contributed by atoms with Crippen LogP contribution < -0.4 is 5.73 Å². The van der Waals surface area contributed by atoms with Gasteiger partial charge in [-0.05, 0) is 24.6 Å². The smallest absolute Gasteiger partial charge is 0.337 e. The van der Waals surface area contributed by atoms with Crippen molar-refractivity contribution in [2.75, 3.05) is 5.73 Å². The van der Waals surface area contributed by atoms with E-state index in [1.165, 1.54) is 6.07 Å². The number of aldehydes is 1. The Kier molecular flexibility index (Phi) is 3.67. The molecule has 82 valence electrons. The zero-order valence-corrected chi connectivity index (χ0v) is 8.78. The highest BCUT2D eigenvalue weighted by Crippen LogP contribution is 2.19. The molecule has 16 heavy (non-hydrogen) atoms. The van der Waals surface area contributed by atoms with Gasteiger partial charge in [0.25, 0.3) is 0 Å². The molecule has 4 nitrogen and oxygen atoms in total. The van der Waals surface area contributed by atoms with E-state index in [9.17, 15) is 9.59 Å². The first-order chi connectivity index (χ1) is 7.56. The van der Waals surface area contributed by atoms with Crippen LogP contribution in [0.3, 0.4) is 0 Å². The molecule has 0 aliphatic heterocycles. The molecule has 0 aromatic heterocycles. The molecule has 1 aromatic carbocycles. The molecule has 1 rings (SSSR count). The van der Waals surface area contributed by atoms with Crippen LogP contribution in [-0.2, 0) is 4.79 Å². The number of nitrogen functional groups attached to an aromatic ring is 1.